The molecule has 0 bridgehead atoms. The molecule has 0 unspecified atom stereocenters. The maximum Gasteiger partial charge on any atom is 0.269 e. The molecule has 0 aliphatic carbocycles. The van der Waals surface area contributed by atoms with Crippen molar-refractivity contribution >= 4 is 29.1 Å². The summed E-state index contributed by atoms with van der Waals surface area (Å²) in [7, 11) is 0. The molecule has 7 nitrogen and oxygen atoms in total. The number of carbonyl (C=O) groups is 2. The smallest absolute Gasteiger partial charge is 0.269 e. The normalized spacial score (nSPS) is 10.1. The Labute approximate surface area is 149 Å². The van der Waals surface area contributed by atoms with Gasteiger partial charge < -0.3 is 10.6 Å². The summed E-state index contributed by atoms with van der Waals surface area (Å²) in [4.78, 5) is 33.7. The molecule has 2 amide bonds. The number of benzene rings is 2. The fourth-order valence-electron chi connectivity index (χ4n) is 2.05. The van der Waals surface area contributed by atoms with Crippen LogP contribution in [-0.2, 0) is 11.3 Å². The molecule has 25 heavy (non-hydrogen) atoms. The zero-order chi connectivity index (χ0) is 18.2. The molecule has 0 heterocycles. The van der Waals surface area contributed by atoms with Crippen LogP contribution in [0.15, 0.2) is 48.5 Å². The maximum absolute atomic E-state index is 11.9. The highest BCUT2D eigenvalue weighted by Gasteiger charge is 2.10. The quantitative estimate of drug-likeness (QED) is 0.584. The van der Waals surface area contributed by atoms with E-state index in [4.69, 9.17) is 11.6 Å². The van der Waals surface area contributed by atoms with Crippen molar-refractivity contribution in [3.05, 3.63) is 74.8 Å². The van der Waals surface area contributed by atoms with Crippen molar-refractivity contribution in [3.8, 4) is 0 Å². The number of non-ortho nitro benzene ring substituents is 1. The van der Waals surface area contributed by atoms with E-state index in [0.717, 1.165) is 5.56 Å². The molecule has 0 spiro atoms. The van der Waals surface area contributed by atoms with Crippen molar-refractivity contribution in [1.82, 2.24) is 10.6 Å². The highest BCUT2D eigenvalue weighted by molar-refractivity contribution is 6.31. The van der Waals surface area contributed by atoms with Gasteiger partial charge in [-0.15, -0.1) is 0 Å². The third kappa shape index (κ3) is 5.58. The largest absolute Gasteiger partial charge is 0.352 e. The minimum atomic E-state index is -0.537. The van der Waals surface area contributed by atoms with E-state index in [9.17, 15) is 19.7 Å². The van der Waals surface area contributed by atoms with Gasteiger partial charge in [0.2, 0.25) is 5.91 Å². The molecule has 0 radical (unpaired) electrons. The first-order valence-electron chi connectivity index (χ1n) is 7.50. The Balaban J connectivity index is 1.74. The summed E-state index contributed by atoms with van der Waals surface area (Å²) < 4.78 is 0. The van der Waals surface area contributed by atoms with Crippen molar-refractivity contribution in [2.75, 3.05) is 6.54 Å². The van der Waals surface area contributed by atoms with Gasteiger partial charge in [-0.3, -0.25) is 19.7 Å². The minimum absolute atomic E-state index is 0.0875. The number of rotatable bonds is 7. The van der Waals surface area contributed by atoms with Gasteiger partial charge in [-0.2, -0.15) is 0 Å². The molecule has 0 atom stereocenters. The Morgan fingerprint density at radius 1 is 1.04 bits per heavy atom. The maximum atomic E-state index is 11.9. The number of hydrogen-bond acceptors (Lipinski definition) is 4. The number of hydrogen-bond donors (Lipinski definition) is 2. The predicted molar refractivity (Wildman–Crippen MR) is 93.3 cm³/mol. The van der Waals surface area contributed by atoms with Crippen LogP contribution in [0.1, 0.15) is 22.3 Å². The van der Waals surface area contributed by atoms with Crippen LogP contribution >= 0.6 is 11.6 Å². The van der Waals surface area contributed by atoms with Crippen LogP contribution in [0.25, 0.3) is 0 Å². The Hall–Kier alpha value is -2.93. The number of nitrogens with zero attached hydrogens (tertiary/aromatic N) is 1. The first kappa shape index (κ1) is 18.4. The van der Waals surface area contributed by atoms with Crippen LogP contribution in [0.4, 0.5) is 5.69 Å². The average Bonchev–Trinajstić information content (AvgIpc) is 2.61. The first-order chi connectivity index (χ1) is 12.0. The van der Waals surface area contributed by atoms with E-state index in [2.05, 4.69) is 10.6 Å². The number of nitrogens with one attached hydrogen (secondary N) is 2. The standard InChI is InChI=1S/C17H16ClN3O4/c18-15-4-2-1-3-13(15)11-20-16(22)9-10-19-17(23)12-5-7-14(8-6-12)21(24)25/h1-8H,9-11H2,(H,19,23)(H,20,22). The molecule has 2 rings (SSSR count). The van der Waals surface area contributed by atoms with Gasteiger partial charge in [0.15, 0.2) is 0 Å². The Morgan fingerprint density at radius 3 is 2.36 bits per heavy atom. The molecule has 0 aliphatic heterocycles. The van der Waals surface area contributed by atoms with Crippen molar-refractivity contribution in [3.63, 3.8) is 0 Å². The van der Waals surface area contributed by atoms with Crippen molar-refractivity contribution in [2.45, 2.75) is 13.0 Å². The number of nitro benzene ring substituents is 1. The molecule has 0 aliphatic rings. The monoisotopic (exact) mass is 361 g/mol. The van der Waals surface area contributed by atoms with Crippen molar-refractivity contribution < 1.29 is 14.5 Å². The molecule has 2 aromatic carbocycles. The Kier molecular flexibility index (Phi) is 6.47. The summed E-state index contributed by atoms with van der Waals surface area (Å²) >= 11 is 6.00. The second-order valence-electron chi connectivity index (χ2n) is 5.18. The summed E-state index contributed by atoms with van der Waals surface area (Å²) in [5.41, 5.74) is 1.02. The fraction of sp³-hybridized carbons (Fsp3) is 0.176. The Morgan fingerprint density at radius 2 is 1.72 bits per heavy atom. The molecule has 0 aromatic heterocycles. The predicted octanol–water partition coefficient (Wildman–Crippen LogP) is 2.68. The van der Waals surface area contributed by atoms with Gasteiger partial charge in [0.05, 0.1) is 4.92 Å². The molecule has 8 heteroatoms. The first-order valence-corrected chi connectivity index (χ1v) is 7.88. The summed E-state index contributed by atoms with van der Waals surface area (Å²) in [6.45, 7) is 0.471. The van der Waals surface area contributed by atoms with E-state index in [0.29, 0.717) is 17.1 Å². The topological polar surface area (TPSA) is 101 Å². The molecular weight excluding hydrogens is 346 g/mol. The van der Waals surface area contributed by atoms with E-state index in [-0.39, 0.29) is 24.6 Å². The lowest BCUT2D eigenvalue weighted by molar-refractivity contribution is -0.384. The van der Waals surface area contributed by atoms with Crippen LogP contribution in [0.3, 0.4) is 0 Å². The van der Waals surface area contributed by atoms with Gasteiger partial charge in [-0.1, -0.05) is 29.8 Å². The van der Waals surface area contributed by atoms with Crippen LogP contribution in [0.2, 0.25) is 5.02 Å². The second-order valence-corrected chi connectivity index (χ2v) is 5.59. The van der Waals surface area contributed by atoms with Gasteiger partial charge >= 0.3 is 0 Å². The molecule has 0 fully saturated rings. The van der Waals surface area contributed by atoms with Crippen LogP contribution in [0, 0.1) is 10.1 Å². The van der Waals surface area contributed by atoms with E-state index < -0.39 is 10.8 Å². The number of carbonyl (C=O) groups excluding carboxylic acids is 2. The van der Waals surface area contributed by atoms with Crippen molar-refractivity contribution in [2.24, 2.45) is 0 Å². The second kappa shape index (κ2) is 8.79. The lowest BCUT2D eigenvalue weighted by Crippen LogP contribution is -2.30. The highest BCUT2D eigenvalue weighted by Crippen LogP contribution is 2.14. The third-order valence-corrected chi connectivity index (χ3v) is 3.78. The molecule has 130 valence electrons. The minimum Gasteiger partial charge on any atom is -0.352 e. The Bertz CT molecular complexity index is 778. The summed E-state index contributed by atoms with van der Waals surface area (Å²) in [5.74, 6) is -0.613. The van der Waals surface area contributed by atoms with Gasteiger partial charge in [-0.05, 0) is 23.8 Å². The van der Waals surface area contributed by atoms with Gasteiger partial charge in [0, 0.05) is 42.2 Å². The molecule has 2 aromatic rings. The van der Waals surface area contributed by atoms with Crippen LogP contribution in [-0.4, -0.2) is 23.3 Å². The van der Waals surface area contributed by atoms with E-state index in [1.54, 1.807) is 12.1 Å². The zero-order valence-electron chi connectivity index (χ0n) is 13.2. The zero-order valence-corrected chi connectivity index (χ0v) is 14.0. The third-order valence-electron chi connectivity index (χ3n) is 3.41. The lowest BCUT2D eigenvalue weighted by atomic mass is 10.2. The number of amides is 2. The highest BCUT2D eigenvalue weighted by atomic mass is 35.5. The van der Waals surface area contributed by atoms with E-state index in [1.807, 2.05) is 12.1 Å². The molecule has 0 saturated carbocycles. The number of halogens is 1. The van der Waals surface area contributed by atoms with Gasteiger partial charge in [0.1, 0.15) is 0 Å². The summed E-state index contributed by atoms with van der Waals surface area (Å²) in [6.07, 6.45) is 0.114. The van der Waals surface area contributed by atoms with Gasteiger partial charge in [-0.25, -0.2) is 0 Å². The van der Waals surface area contributed by atoms with Crippen LogP contribution in [0.5, 0.6) is 0 Å². The molecule has 0 saturated heterocycles. The van der Waals surface area contributed by atoms with E-state index in [1.165, 1.54) is 24.3 Å². The molecule has 2 N–H and O–H groups in total. The molecular formula is C17H16ClN3O4. The summed E-state index contributed by atoms with van der Waals surface area (Å²) in [6, 6.07) is 12.4. The number of nitro groups is 1. The fourth-order valence-corrected chi connectivity index (χ4v) is 2.25. The SMILES string of the molecule is O=C(CCNC(=O)c1ccc([N+](=O)[O-])cc1)NCc1ccccc1Cl. The summed E-state index contributed by atoms with van der Waals surface area (Å²) in [5, 5.41) is 16.5. The van der Waals surface area contributed by atoms with Crippen molar-refractivity contribution in [1.29, 1.82) is 0 Å². The van der Waals surface area contributed by atoms with Gasteiger partial charge in [0.25, 0.3) is 11.6 Å². The van der Waals surface area contributed by atoms with Crippen LogP contribution < -0.4 is 10.6 Å². The average molecular weight is 362 g/mol. The lowest BCUT2D eigenvalue weighted by Gasteiger charge is -2.08. The van der Waals surface area contributed by atoms with E-state index >= 15 is 0 Å².